The van der Waals surface area contributed by atoms with Crippen LogP contribution in [0.1, 0.15) is 19.8 Å². The first-order valence-corrected chi connectivity index (χ1v) is 7.40. The van der Waals surface area contributed by atoms with Crippen LogP contribution in [0.5, 0.6) is 0 Å². The van der Waals surface area contributed by atoms with Gasteiger partial charge in [0.05, 0.1) is 5.75 Å². The minimum Gasteiger partial charge on any atom is -0.342 e. The molecule has 0 N–H and O–H groups in total. The fraction of sp³-hybridized carbons (Fsp3) is 0.500. The first kappa shape index (κ1) is 14.3. The molecule has 1 amide bonds. The number of piperidine rings is 1. The van der Waals surface area contributed by atoms with Crippen LogP contribution in [0.3, 0.4) is 0 Å². The second-order valence-electron chi connectivity index (χ2n) is 4.95. The monoisotopic (exact) mass is 285 g/mol. The lowest BCUT2D eigenvalue weighted by Crippen LogP contribution is -2.40. The summed E-state index contributed by atoms with van der Waals surface area (Å²) < 4.78 is 25.8. The van der Waals surface area contributed by atoms with Gasteiger partial charge in [0.1, 0.15) is 0 Å². The van der Waals surface area contributed by atoms with Crippen LogP contribution in [0.4, 0.5) is 8.78 Å². The second-order valence-corrected chi connectivity index (χ2v) is 6.00. The van der Waals surface area contributed by atoms with E-state index in [1.807, 2.05) is 4.90 Å². The number of amides is 1. The summed E-state index contributed by atoms with van der Waals surface area (Å²) in [4.78, 5) is 14.4. The highest BCUT2D eigenvalue weighted by Gasteiger charge is 2.20. The van der Waals surface area contributed by atoms with Gasteiger partial charge in [-0.25, -0.2) is 8.78 Å². The summed E-state index contributed by atoms with van der Waals surface area (Å²) in [6.07, 6.45) is 2.21. The second kappa shape index (κ2) is 6.37. The number of carbonyl (C=O) groups excluding carboxylic acids is 1. The quantitative estimate of drug-likeness (QED) is 0.794. The third kappa shape index (κ3) is 3.93. The summed E-state index contributed by atoms with van der Waals surface area (Å²) >= 11 is 1.25. The van der Waals surface area contributed by atoms with Crippen LogP contribution in [-0.4, -0.2) is 29.6 Å². The van der Waals surface area contributed by atoms with E-state index in [0.29, 0.717) is 10.8 Å². The van der Waals surface area contributed by atoms with Crippen molar-refractivity contribution in [2.45, 2.75) is 24.7 Å². The molecular weight excluding hydrogens is 268 g/mol. The molecule has 0 spiro atoms. The average Bonchev–Trinajstić information content (AvgIpc) is 2.40. The molecule has 1 unspecified atom stereocenters. The standard InChI is InChI=1S/C14H17F2NOS/c1-10-3-2-6-17(8-10)14(18)9-19-11-4-5-12(15)13(16)7-11/h4-5,7,10H,2-3,6,8-9H2,1H3. The molecule has 19 heavy (non-hydrogen) atoms. The van der Waals surface area contributed by atoms with Crippen molar-refractivity contribution in [3.8, 4) is 0 Å². The van der Waals surface area contributed by atoms with Gasteiger partial charge in [0.25, 0.3) is 0 Å². The Morgan fingerprint density at radius 3 is 2.89 bits per heavy atom. The lowest BCUT2D eigenvalue weighted by Gasteiger charge is -2.30. The number of carbonyl (C=O) groups is 1. The largest absolute Gasteiger partial charge is 0.342 e. The van der Waals surface area contributed by atoms with Gasteiger partial charge in [0.15, 0.2) is 11.6 Å². The third-order valence-electron chi connectivity index (χ3n) is 3.26. The number of nitrogens with zero attached hydrogens (tertiary/aromatic N) is 1. The maximum atomic E-state index is 13.0. The van der Waals surface area contributed by atoms with Gasteiger partial charge in [-0.2, -0.15) is 0 Å². The van der Waals surface area contributed by atoms with E-state index in [1.54, 1.807) is 0 Å². The van der Waals surface area contributed by atoms with Gasteiger partial charge in [-0.05, 0) is 37.0 Å². The molecule has 0 saturated carbocycles. The average molecular weight is 285 g/mol. The molecular formula is C14H17F2NOS. The molecule has 0 bridgehead atoms. The van der Waals surface area contributed by atoms with Crippen LogP contribution >= 0.6 is 11.8 Å². The maximum absolute atomic E-state index is 13.0. The van der Waals surface area contributed by atoms with E-state index in [1.165, 1.54) is 24.2 Å². The molecule has 1 saturated heterocycles. The van der Waals surface area contributed by atoms with E-state index >= 15 is 0 Å². The molecule has 0 aliphatic carbocycles. The molecule has 1 aromatic carbocycles. The summed E-state index contributed by atoms with van der Waals surface area (Å²) in [6, 6.07) is 3.71. The van der Waals surface area contributed by atoms with Crippen molar-refractivity contribution < 1.29 is 13.6 Å². The van der Waals surface area contributed by atoms with Crippen molar-refractivity contribution in [1.29, 1.82) is 0 Å². The van der Waals surface area contributed by atoms with E-state index < -0.39 is 11.6 Å². The van der Waals surface area contributed by atoms with Crippen LogP contribution in [0.2, 0.25) is 0 Å². The highest BCUT2D eigenvalue weighted by molar-refractivity contribution is 8.00. The van der Waals surface area contributed by atoms with Crippen LogP contribution in [0.25, 0.3) is 0 Å². The van der Waals surface area contributed by atoms with E-state index in [-0.39, 0.29) is 11.7 Å². The zero-order valence-electron chi connectivity index (χ0n) is 10.9. The minimum absolute atomic E-state index is 0.0706. The molecule has 2 rings (SSSR count). The topological polar surface area (TPSA) is 20.3 Å². The molecule has 104 valence electrons. The van der Waals surface area contributed by atoms with Gasteiger partial charge < -0.3 is 4.90 Å². The summed E-state index contributed by atoms with van der Waals surface area (Å²) in [5.74, 6) is -0.838. The number of hydrogen-bond acceptors (Lipinski definition) is 2. The molecule has 0 radical (unpaired) electrons. The number of rotatable bonds is 3. The Labute approximate surface area is 116 Å². The van der Waals surface area contributed by atoms with Crippen molar-refractivity contribution in [1.82, 2.24) is 4.90 Å². The highest BCUT2D eigenvalue weighted by Crippen LogP contribution is 2.22. The van der Waals surface area contributed by atoms with E-state index in [0.717, 1.165) is 31.6 Å². The van der Waals surface area contributed by atoms with E-state index in [9.17, 15) is 13.6 Å². The van der Waals surface area contributed by atoms with Crippen molar-refractivity contribution in [3.63, 3.8) is 0 Å². The Morgan fingerprint density at radius 1 is 1.42 bits per heavy atom. The molecule has 1 aromatic rings. The maximum Gasteiger partial charge on any atom is 0.232 e. The predicted octanol–water partition coefficient (Wildman–Crippen LogP) is 3.32. The van der Waals surface area contributed by atoms with Gasteiger partial charge in [0, 0.05) is 18.0 Å². The molecule has 1 aliphatic heterocycles. The van der Waals surface area contributed by atoms with Crippen molar-refractivity contribution in [2.24, 2.45) is 5.92 Å². The molecule has 1 atom stereocenters. The Balaban J connectivity index is 1.87. The molecule has 1 aliphatic rings. The summed E-state index contributed by atoms with van der Waals surface area (Å²) in [5.41, 5.74) is 0. The first-order chi connectivity index (χ1) is 9.06. The Bertz CT molecular complexity index is 467. The van der Waals surface area contributed by atoms with Crippen LogP contribution in [0, 0.1) is 17.6 Å². The van der Waals surface area contributed by atoms with E-state index in [2.05, 4.69) is 6.92 Å². The Morgan fingerprint density at radius 2 is 2.21 bits per heavy atom. The molecule has 0 aromatic heterocycles. The Hall–Kier alpha value is -1.10. The van der Waals surface area contributed by atoms with Gasteiger partial charge in [-0.1, -0.05) is 6.92 Å². The SMILES string of the molecule is CC1CCCN(C(=O)CSc2ccc(F)c(F)c2)C1. The zero-order chi connectivity index (χ0) is 13.8. The lowest BCUT2D eigenvalue weighted by molar-refractivity contribution is -0.130. The normalized spacial score (nSPS) is 19.5. The smallest absolute Gasteiger partial charge is 0.232 e. The lowest BCUT2D eigenvalue weighted by atomic mass is 10.0. The van der Waals surface area contributed by atoms with Crippen LogP contribution < -0.4 is 0 Å². The summed E-state index contributed by atoms with van der Waals surface area (Å²) in [7, 11) is 0. The van der Waals surface area contributed by atoms with Crippen molar-refractivity contribution >= 4 is 17.7 Å². The summed E-state index contributed by atoms with van der Waals surface area (Å²) in [5, 5.41) is 0. The Kier molecular flexibility index (Phi) is 4.80. The van der Waals surface area contributed by atoms with Gasteiger partial charge >= 0.3 is 0 Å². The first-order valence-electron chi connectivity index (χ1n) is 6.42. The fourth-order valence-electron chi connectivity index (χ4n) is 2.22. The number of likely N-dealkylation sites (tertiary alicyclic amines) is 1. The fourth-order valence-corrected chi connectivity index (χ4v) is 3.04. The molecule has 1 fully saturated rings. The molecule has 5 heteroatoms. The zero-order valence-corrected chi connectivity index (χ0v) is 11.7. The van der Waals surface area contributed by atoms with Crippen molar-refractivity contribution in [2.75, 3.05) is 18.8 Å². The summed E-state index contributed by atoms with van der Waals surface area (Å²) in [6.45, 7) is 3.75. The number of benzene rings is 1. The van der Waals surface area contributed by atoms with Gasteiger partial charge in [-0.15, -0.1) is 11.8 Å². The molecule has 2 nitrogen and oxygen atoms in total. The highest BCUT2D eigenvalue weighted by atomic mass is 32.2. The van der Waals surface area contributed by atoms with Gasteiger partial charge in [0.2, 0.25) is 5.91 Å². The third-order valence-corrected chi connectivity index (χ3v) is 4.24. The predicted molar refractivity (Wildman–Crippen MR) is 72.1 cm³/mol. The van der Waals surface area contributed by atoms with Crippen molar-refractivity contribution in [3.05, 3.63) is 29.8 Å². The van der Waals surface area contributed by atoms with Gasteiger partial charge in [-0.3, -0.25) is 4.79 Å². The number of halogens is 2. The van der Waals surface area contributed by atoms with E-state index in [4.69, 9.17) is 0 Å². The molecule has 1 heterocycles. The van der Waals surface area contributed by atoms with Crippen LogP contribution in [-0.2, 0) is 4.79 Å². The van der Waals surface area contributed by atoms with Crippen LogP contribution in [0.15, 0.2) is 23.1 Å². The number of thioether (sulfide) groups is 1. The minimum atomic E-state index is -0.871. The number of hydrogen-bond donors (Lipinski definition) is 0.